The summed E-state index contributed by atoms with van der Waals surface area (Å²) >= 11 is 0. The van der Waals surface area contributed by atoms with Gasteiger partial charge < -0.3 is 5.32 Å². The molecule has 4 rings (SSSR count). The van der Waals surface area contributed by atoms with Gasteiger partial charge in [-0.1, -0.05) is 55.8 Å². The van der Waals surface area contributed by atoms with E-state index in [4.69, 9.17) is 0 Å². The summed E-state index contributed by atoms with van der Waals surface area (Å²) in [4.78, 5) is 25.4. The van der Waals surface area contributed by atoms with E-state index in [1.165, 1.54) is 5.57 Å². The molecule has 0 radical (unpaired) electrons. The lowest BCUT2D eigenvalue weighted by Gasteiger charge is -2.08. The Morgan fingerprint density at radius 3 is 2.35 bits per heavy atom. The molecule has 0 saturated heterocycles. The van der Waals surface area contributed by atoms with Gasteiger partial charge in [-0.2, -0.15) is 0 Å². The number of anilines is 1. The molecule has 132 valence electrons. The van der Waals surface area contributed by atoms with E-state index in [2.05, 4.69) is 39.1 Å². The molecule has 2 aromatic rings. The van der Waals surface area contributed by atoms with Crippen LogP contribution >= 0.6 is 0 Å². The van der Waals surface area contributed by atoms with E-state index in [-0.39, 0.29) is 28.9 Å². The zero-order chi connectivity index (χ0) is 18.6. The lowest BCUT2D eigenvalue weighted by Crippen LogP contribution is -2.17. The Labute approximate surface area is 154 Å². The molecule has 3 heteroatoms. The number of allylic oxidation sites excluding steroid dienone is 2. The predicted molar refractivity (Wildman–Crippen MR) is 104 cm³/mol. The lowest BCUT2D eigenvalue weighted by molar-refractivity contribution is -0.118. The van der Waals surface area contributed by atoms with Crippen LogP contribution in [0, 0.1) is 17.3 Å². The van der Waals surface area contributed by atoms with E-state index in [0.29, 0.717) is 11.3 Å². The standard InChI is InChI=1S/C23H23NO2/c1-13(2)11-19-20(23(19,3)4)22(26)24-14-9-10-16-15-7-5-6-8-17(15)21(25)18(16)12-14/h5-12,19-20H,1-4H3,(H,24,26)/t19-,20-/m0/s1. The monoisotopic (exact) mass is 345 g/mol. The van der Waals surface area contributed by atoms with Crippen molar-refractivity contribution in [3.8, 4) is 11.1 Å². The van der Waals surface area contributed by atoms with Gasteiger partial charge in [-0.15, -0.1) is 0 Å². The van der Waals surface area contributed by atoms with Gasteiger partial charge in [0.15, 0.2) is 5.78 Å². The Morgan fingerprint density at radius 1 is 1.00 bits per heavy atom. The van der Waals surface area contributed by atoms with Gasteiger partial charge in [-0.05, 0) is 48.4 Å². The summed E-state index contributed by atoms with van der Waals surface area (Å²) in [7, 11) is 0. The summed E-state index contributed by atoms with van der Waals surface area (Å²) < 4.78 is 0. The zero-order valence-electron chi connectivity index (χ0n) is 15.6. The number of carbonyl (C=O) groups is 2. The van der Waals surface area contributed by atoms with Crippen LogP contribution < -0.4 is 5.32 Å². The van der Waals surface area contributed by atoms with Gasteiger partial charge >= 0.3 is 0 Å². The van der Waals surface area contributed by atoms with Crippen molar-refractivity contribution in [3.63, 3.8) is 0 Å². The molecule has 0 spiro atoms. The van der Waals surface area contributed by atoms with Crippen LogP contribution in [-0.4, -0.2) is 11.7 Å². The van der Waals surface area contributed by atoms with E-state index in [0.717, 1.165) is 16.7 Å². The first-order valence-corrected chi connectivity index (χ1v) is 9.04. The first-order valence-electron chi connectivity index (χ1n) is 9.04. The van der Waals surface area contributed by atoms with Crippen LogP contribution in [0.15, 0.2) is 54.1 Å². The molecular weight excluding hydrogens is 322 g/mol. The van der Waals surface area contributed by atoms with Crippen LogP contribution in [-0.2, 0) is 4.79 Å². The summed E-state index contributed by atoms with van der Waals surface area (Å²) in [5.41, 5.74) is 5.21. The molecule has 0 aliphatic heterocycles. The van der Waals surface area contributed by atoms with Crippen molar-refractivity contribution in [2.45, 2.75) is 27.7 Å². The second-order valence-electron chi connectivity index (χ2n) is 8.19. The molecule has 3 nitrogen and oxygen atoms in total. The highest BCUT2D eigenvalue weighted by Crippen LogP contribution is 2.59. The van der Waals surface area contributed by atoms with E-state index in [9.17, 15) is 9.59 Å². The summed E-state index contributed by atoms with van der Waals surface area (Å²) in [6, 6.07) is 13.3. The first kappa shape index (κ1) is 16.8. The molecule has 0 bridgehead atoms. The van der Waals surface area contributed by atoms with Crippen LogP contribution in [0.5, 0.6) is 0 Å². The van der Waals surface area contributed by atoms with Crippen molar-refractivity contribution in [1.82, 2.24) is 0 Å². The fraction of sp³-hybridized carbons (Fsp3) is 0.304. The molecule has 26 heavy (non-hydrogen) atoms. The molecule has 1 fully saturated rings. The van der Waals surface area contributed by atoms with Gasteiger partial charge in [0, 0.05) is 16.8 Å². The summed E-state index contributed by atoms with van der Waals surface area (Å²) in [5.74, 6) is 0.299. The molecule has 1 saturated carbocycles. The lowest BCUT2D eigenvalue weighted by atomic mass is 10.1. The van der Waals surface area contributed by atoms with Crippen molar-refractivity contribution < 1.29 is 9.59 Å². The molecule has 0 aromatic heterocycles. The number of nitrogens with one attached hydrogen (secondary N) is 1. The maximum absolute atomic E-state index is 12.8. The van der Waals surface area contributed by atoms with Crippen molar-refractivity contribution in [2.75, 3.05) is 5.32 Å². The summed E-state index contributed by atoms with van der Waals surface area (Å²) in [6.45, 7) is 8.38. The second kappa shape index (κ2) is 5.66. The Morgan fingerprint density at radius 2 is 1.65 bits per heavy atom. The van der Waals surface area contributed by atoms with Gasteiger partial charge in [0.25, 0.3) is 0 Å². The number of hydrogen-bond acceptors (Lipinski definition) is 2. The van der Waals surface area contributed by atoms with Gasteiger partial charge in [0.1, 0.15) is 0 Å². The molecule has 0 unspecified atom stereocenters. The average Bonchev–Trinajstić information content (AvgIpc) is 3.00. The van der Waals surface area contributed by atoms with Crippen molar-refractivity contribution in [1.29, 1.82) is 0 Å². The number of rotatable bonds is 3. The minimum Gasteiger partial charge on any atom is -0.326 e. The van der Waals surface area contributed by atoms with Crippen molar-refractivity contribution in [3.05, 3.63) is 65.2 Å². The molecule has 0 heterocycles. The maximum Gasteiger partial charge on any atom is 0.228 e. The minimum atomic E-state index is -0.0291. The van der Waals surface area contributed by atoms with Crippen LogP contribution in [0.1, 0.15) is 43.6 Å². The van der Waals surface area contributed by atoms with Gasteiger partial charge in [-0.3, -0.25) is 9.59 Å². The fourth-order valence-corrected chi connectivity index (χ4v) is 4.17. The number of amides is 1. The Hall–Kier alpha value is -2.68. The van der Waals surface area contributed by atoms with Crippen molar-refractivity contribution >= 4 is 17.4 Å². The molecule has 2 atom stereocenters. The largest absolute Gasteiger partial charge is 0.326 e. The van der Waals surface area contributed by atoms with Crippen molar-refractivity contribution in [2.24, 2.45) is 17.3 Å². The van der Waals surface area contributed by atoms with E-state index in [1.807, 2.05) is 36.4 Å². The van der Waals surface area contributed by atoms with E-state index >= 15 is 0 Å². The molecule has 2 aliphatic rings. The maximum atomic E-state index is 12.8. The van der Waals surface area contributed by atoms with Crippen LogP contribution in [0.3, 0.4) is 0 Å². The SMILES string of the molecule is CC(C)=C[C@H]1[C@@H](C(=O)Nc2ccc3c(c2)C(=O)c2ccccc2-3)C1(C)C. The zero-order valence-corrected chi connectivity index (χ0v) is 15.6. The third-order valence-corrected chi connectivity index (χ3v) is 5.70. The first-order chi connectivity index (χ1) is 12.3. The quantitative estimate of drug-likeness (QED) is 0.673. The summed E-state index contributed by atoms with van der Waals surface area (Å²) in [5, 5.41) is 3.02. The van der Waals surface area contributed by atoms with Crippen LogP contribution in [0.4, 0.5) is 5.69 Å². The number of hydrogen-bond donors (Lipinski definition) is 1. The number of benzene rings is 2. The van der Waals surface area contributed by atoms with Gasteiger partial charge in [0.2, 0.25) is 5.91 Å². The third-order valence-electron chi connectivity index (χ3n) is 5.70. The molecule has 1 amide bonds. The van der Waals surface area contributed by atoms with Crippen LogP contribution in [0.25, 0.3) is 11.1 Å². The highest BCUT2D eigenvalue weighted by atomic mass is 16.2. The topological polar surface area (TPSA) is 46.2 Å². The molecule has 1 N–H and O–H groups in total. The second-order valence-corrected chi connectivity index (χ2v) is 8.19. The molecular formula is C23H23NO2. The van der Waals surface area contributed by atoms with E-state index < -0.39 is 0 Å². The van der Waals surface area contributed by atoms with Gasteiger partial charge in [-0.25, -0.2) is 0 Å². The summed E-state index contributed by atoms with van der Waals surface area (Å²) in [6.07, 6.45) is 2.19. The Bertz CT molecular complexity index is 964. The average molecular weight is 345 g/mol. The minimum absolute atomic E-state index is 0.0237. The Kier molecular flexibility index (Phi) is 3.65. The number of carbonyl (C=O) groups excluding carboxylic acids is 2. The predicted octanol–water partition coefficient (Wildman–Crippen LogP) is 5.07. The normalized spacial score (nSPS) is 21.6. The smallest absolute Gasteiger partial charge is 0.228 e. The van der Waals surface area contributed by atoms with Gasteiger partial charge in [0.05, 0.1) is 5.92 Å². The van der Waals surface area contributed by atoms with Crippen LogP contribution in [0.2, 0.25) is 0 Å². The highest BCUT2D eigenvalue weighted by molar-refractivity contribution is 6.22. The molecule has 2 aliphatic carbocycles. The Balaban J connectivity index is 1.57. The van der Waals surface area contributed by atoms with E-state index in [1.54, 1.807) is 6.07 Å². The highest BCUT2D eigenvalue weighted by Gasteiger charge is 2.60. The molecule has 2 aromatic carbocycles. The number of ketones is 1. The fourth-order valence-electron chi connectivity index (χ4n) is 4.17. The number of fused-ring (bicyclic) bond motifs is 3. The third kappa shape index (κ3) is 2.50.